The van der Waals surface area contributed by atoms with Crippen molar-refractivity contribution < 1.29 is 4.74 Å². The number of nitriles is 1. The lowest BCUT2D eigenvalue weighted by Crippen LogP contribution is -2.17. The highest BCUT2D eigenvalue weighted by Gasteiger charge is 2.12. The minimum Gasteiger partial charge on any atom is -0.492 e. The summed E-state index contributed by atoms with van der Waals surface area (Å²) in [6, 6.07) is 7.87. The molecule has 1 N–H and O–H groups in total. The van der Waals surface area contributed by atoms with Gasteiger partial charge in [-0.25, -0.2) is 0 Å². The largest absolute Gasteiger partial charge is 0.492 e. The van der Waals surface area contributed by atoms with Gasteiger partial charge in [-0.3, -0.25) is 0 Å². The van der Waals surface area contributed by atoms with Crippen LogP contribution in [0.1, 0.15) is 20.8 Å². The maximum Gasteiger partial charge on any atom is 0.138 e. The van der Waals surface area contributed by atoms with Crippen LogP contribution < -0.4 is 10.1 Å². The molecule has 3 nitrogen and oxygen atoms in total. The third-order valence-corrected chi connectivity index (χ3v) is 3.02. The first-order chi connectivity index (χ1) is 8.58. The molecule has 0 aliphatic rings. The highest BCUT2D eigenvalue weighted by molar-refractivity contribution is 6.32. The summed E-state index contributed by atoms with van der Waals surface area (Å²) in [6.07, 6.45) is 0. The normalized spacial score (nSPS) is 12.0. The number of hydrogen-bond donors (Lipinski definition) is 1. The third-order valence-electron chi connectivity index (χ3n) is 2.73. The molecule has 1 unspecified atom stereocenters. The van der Waals surface area contributed by atoms with Crippen LogP contribution in [-0.4, -0.2) is 13.2 Å². The summed E-state index contributed by atoms with van der Waals surface area (Å²) in [5.74, 6) is 1.02. The molecule has 0 radical (unpaired) electrons. The van der Waals surface area contributed by atoms with E-state index in [1.165, 1.54) is 0 Å². The van der Waals surface area contributed by atoms with Gasteiger partial charge in [0.15, 0.2) is 0 Å². The van der Waals surface area contributed by atoms with Crippen molar-refractivity contribution in [3.63, 3.8) is 0 Å². The van der Waals surface area contributed by atoms with Crippen LogP contribution in [0, 0.1) is 23.2 Å². The Morgan fingerprint density at radius 1 is 1.44 bits per heavy atom. The van der Waals surface area contributed by atoms with E-state index in [9.17, 15) is 0 Å². The Morgan fingerprint density at radius 2 is 2.17 bits per heavy atom. The number of halogens is 1. The molecule has 1 rings (SSSR count). The first-order valence-corrected chi connectivity index (χ1v) is 6.52. The monoisotopic (exact) mass is 266 g/mol. The average Bonchev–Trinajstić information content (AvgIpc) is 2.33. The second-order valence-corrected chi connectivity index (χ2v) is 4.85. The van der Waals surface area contributed by atoms with E-state index >= 15 is 0 Å². The van der Waals surface area contributed by atoms with Crippen molar-refractivity contribution in [3.8, 4) is 11.8 Å². The first-order valence-electron chi connectivity index (χ1n) is 6.14. The summed E-state index contributed by atoms with van der Waals surface area (Å²) in [5, 5.41) is 12.8. The van der Waals surface area contributed by atoms with Crippen LogP contribution in [0.15, 0.2) is 18.2 Å². The molecule has 0 saturated carbocycles. The Kier molecular flexibility index (Phi) is 5.80. The van der Waals surface area contributed by atoms with E-state index in [1.54, 1.807) is 0 Å². The van der Waals surface area contributed by atoms with Gasteiger partial charge in [0.1, 0.15) is 5.75 Å². The van der Waals surface area contributed by atoms with Crippen LogP contribution in [0.4, 0.5) is 5.69 Å². The molecule has 98 valence electrons. The van der Waals surface area contributed by atoms with Gasteiger partial charge in [0.25, 0.3) is 0 Å². The molecule has 4 heteroatoms. The molecule has 0 bridgehead atoms. The van der Waals surface area contributed by atoms with E-state index in [2.05, 4.69) is 11.4 Å². The molecule has 1 atom stereocenters. The molecule has 0 amide bonds. The maximum atomic E-state index is 9.01. The summed E-state index contributed by atoms with van der Waals surface area (Å²) < 4.78 is 5.36. The molecule has 1 aromatic rings. The summed E-state index contributed by atoms with van der Waals surface area (Å²) in [6.45, 7) is 7.22. The zero-order valence-electron chi connectivity index (χ0n) is 11.0. The topological polar surface area (TPSA) is 45.0 Å². The molecule has 0 aliphatic heterocycles. The van der Waals surface area contributed by atoms with Gasteiger partial charge in [-0.05, 0) is 31.0 Å². The van der Waals surface area contributed by atoms with Crippen LogP contribution >= 0.6 is 11.6 Å². The number of nitrogens with zero attached hydrogens (tertiary/aromatic N) is 1. The summed E-state index contributed by atoms with van der Waals surface area (Å²) in [4.78, 5) is 0. The van der Waals surface area contributed by atoms with Gasteiger partial charge in [0, 0.05) is 12.2 Å². The van der Waals surface area contributed by atoms with Crippen molar-refractivity contribution in [1.29, 1.82) is 5.26 Å². The molecule has 0 aromatic heterocycles. The van der Waals surface area contributed by atoms with Gasteiger partial charge in [0.2, 0.25) is 0 Å². The number of anilines is 1. The van der Waals surface area contributed by atoms with Crippen molar-refractivity contribution in [1.82, 2.24) is 0 Å². The van der Waals surface area contributed by atoms with E-state index in [1.807, 2.05) is 39.0 Å². The van der Waals surface area contributed by atoms with E-state index in [0.29, 0.717) is 29.8 Å². The highest BCUT2D eigenvalue weighted by atomic mass is 35.5. The van der Waals surface area contributed by atoms with Crippen LogP contribution in [-0.2, 0) is 0 Å². The molecular formula is C14H19ClN2O. The Morgan fingerprint density at radius 3 is 2.67 bits per heavy atom. The van der Waals surface area contributed by atoms with Crippen molar-refractivity contribution >= 4 is 17.3 Å². The Bertz CT molecular complexity index is 426. The number of hydrogen-bond acceptors (Lipinski definition) is 3. The Balaban J connectivity index is 2.64. The van der Waals surface area contributed by atoms with E-state index < -0.39 is 0 Å². The minimum atomic E-state index is -0.00431. The van der Waals surface area contributed by atoms with Gasteiger partial charge >= 0.3 is 0 Å². The van der Waals surface area contributed by atoms with Crippen LogP contribution in [0.3, 0.4) is 0 Å². The number of nitrogens with one attached hydrogen (secondary N) is 1. The molecule has 18 heavy (non-hydrogen) atoms. The van der Waals surface area contributed by atoms with Crippen molar-refractivity contribution in [2.24, 2.45) is 11.8 Å². The Labute approximate surface area is 114 Å². The fourth-order valence-electron chi connectivity index (χ4n) is 1.54. The lowest BCUT2D eigenvalue weighted by atomic mass is 9.97. The standard InChI is InChI=1S/C14H19ClN2O/c1-4-18-14-6-5-12(7-13(14)15)17-9-11(8-16)10(2)3/h5-7,10-11,17H,4,9H2,1-3H3. The average molecular weight is 267 g/mol. The van der Waals surface area contributed by atoms with Gasteiger partial charge in [-0.2, -0.15) is 5.26 Å². The number of rotatable bonds is 6. The first kappa shape index (κ1) is 14.7. The second-order valence-electron chi connectivity index (χ2n) is 4.44. The summed E-state index contributed by atoms with van der Waals surface area (Å²) >= 11 is 6.09. The van der Waals surface area contributed by atoms with E-state index in [0.717, 1.165) is 5.69 Å². The van der Waals surface area contributed by atoms with Crippen molar-refractivity contribution in [2.75, 3.05) is 18.5 Å². The van der Waals surface area contributed by atoms with Crippen LogP contribution in [0.25, 0.3) is 0 Å². The second kappa shape index (κ2) is 7.13. The quantitative estimate of drug-likeness (QED) is 0.848. The number of ether oxygens (including phenoxy) is 1. The molecule has 0 saturated heterocycles. The van der Waals surface area contributed by atoms with Crippen LogP contribution in [0.2, 0.25) is 5.02 Å². The van der Waals surface area contributed by atoms with Gasteiger partial charge in [-0.15, -0.1) is 0 Å². The Hall–Kier alpha value is -1.40. The smallest absolute Gasteiger partial charge is 0.138 e. The predicted molar refractivity (Wildman–Crippen MR) is 75.1 cm³/mol. The molecule has 0 fully saturated rings. The zero-order valence-corrected chi connectivity index (χ0v) is 11.8. The van der Waals surface area contributed by atoms with Gasteiger partial charge in [-0.1, -0.05) is 25.4 Å². The van der Waals surface area contributed by atoms with Crippen LogP contribution in [0.5, 0.6) is 5.75 Å². The lowest BCUT2D eigenvalue weighted by molar-refractivity contribution is 0.340. The third kappa shape index (κ3) is 4.12. The molecular weight excluding hydrogens is 248 g/mol. The summed E-state index contributed by atoms with van der Waals surface area (Å²) in [7, 11) is 0. The fraction of sp³-hybridized carbons (Fsp3) is 0.500. The van der Waals surface area contributed by atoms with E-state index in [-0.39, 0.29) is 5.92 Å². The van der Waals surface area contributed by atoms with E-state index in [4.69, 9.17) is 21.6 Å². The summed E-state index contributed by atoms with van der Waals surface area (Å²) in [5.41, 5.74) is 0.907. The number of benzene rings is 1. The lowest BCUT2D eigenvalue weighted by Gasteiger charge is -2.15. The molecule has 1 aromatic carbocycles. The molecule has 0 aliphatic carbocycles. The molecule has 0 spiro atoms. The van der Waals surface area contributed by atoms with Gasteiger partial charge < -0.3 is 10.1 Å². The minimum absolute atomic E-state index is 0.00431. The van der Waals surface area contributed by atoms with Crippen molar-refractivity contribution in [2.45, 2.75) is 20.8 Å². The maximum absolute atomic E-state index is 9.01. The SMILES string of the molecule is CCOc1ccc(NCC(C#N)C(C)C)cc1Cl. The van der Waals surface area contributed by atoms with Gasteiger partial charge in [0.05, 0.1) is 23.6 Å². The molecule has 0 heterocycles. The highest BCUT2D eigenvalue weighted by Crippen LogP contribution is 2.27. The fourth-order valence-corrected chi connectivity index (χ4v) is 1.78. The van der Waals surface area contributed by atoms with Crippen molar-refractivity contribution in [3.05, 3.63) is 23.2 Å². The predicted octanol–water partition coefficient (Wildman–Crippen LogP) is 3.95. The zero-order chi connectivity index (χ0) is 13.5.